The molecule has 3 rings (SSSR count). The van der Waals surface area contributed by atoms with Crippen molar-refractivity contribution < 1.29 is 14.3 Å². The molecule has 2 amide bonds. The Balaban J connectivity index is 1.46. The lowest BCUT2D eigenvalue weighted by Crippen LogP contribution is -2.35. The van der Waals surface area contributed by atoms with Crippen LogP contribution in [0.2, 0.25) is 0 Å². The van der Waals surface area contributed by atoms with E-state index in [1.165, 1.54) is 25.7 Å². The van der Waals surface area contributed by atoms with E-state index < -0.39 is 0 Å². The number of hydrogen-bond acceptors (Lipinski definition) is 3. The van der Waals surface area contributed by atoms with E-state index in [2.05, 4.69) is 13.8 Å². The molecular weight excluding hydrogens is 292 g/mol. The maximum absolute atomic E-state index is 12.4. The average Bonchev–Trinajstić information content (AvgIpc) is 3.11. The lowest BCUT2D eigenvalue weighted by atomic mass is 9.74. The molecule has 1 saturated carbocycles. The van der Waals surface area contributed by atoms with Crippen molar-refractivity contribution in [1.82, 2.24) is 9.80 Å². The van der Waals surface area contributed by atoms with Crippen molar-refractivity contribution in [2.75, 3.05) is 32.8 Å². The first-order chi connectivity index (χ1) is 11.1. The number of carbonyl (C=O) groups excluding carboxylic acids is 2. The maximum Gasteiger partial charge on any atom is 0.409 e. The average molecular weight is 322 g/mol. The van der Waals surface area contributed by atoms with Crippen LogP contribution in [0.3, 0.4) is 0 Å². The molecule has 3 fully saturated rings. The van der Waals surface area contributed by atoms with Crippen LogP contribution in [0.1, 0.15) is 39.5 Å². The van der Waals surface area contributed by atoms with Crippen molar-refractivity contribution in [2.45, 2.75) is 39.5 Å². The number of nitrogens with zero attached hydrogens (tertiary/aromatic N) is 2. The zero-order valence-corrected chi connectivity index (χ0v) is 14.4. The van der Waals surface area contributed by atoms with Crippen LogP contribution in [0.25, 0.3) is 0 Å². The van der Waals surface area contributed by atoms with Gasteiger partial charge in [0.2, 0.25) is 6.41 Å². The molecule has 3 aliphatic rings. The molecule has 2 saturated heterocycles. The molecule has 23 heavy (non-hydrogen) atoms. The zero-order chi connectivity index (χ0) is 16.4. The first-order valence-corrected chi connectivity index (χ1v) is 9.19. The molecule has 0 bridgehead atoms. The molecule has 0 N–H and O–H groups in total. The van der Waals surface area contributed by atoms with E-state index in [0.29, 0.717) is 36.2 Å². The molecule has 0 spiro atoms. The third kappa shape index (κ3) is 3.64. The fraction of sp³-hybridized carbons (Fsp3) is 0.889. The molecule has 0 aromatic rings. The summed E-state index contributed by atoms with van der Waals surface area (Å²) in [6.07, 6.45) is 5.82. The fourth-order valence-corrected chi connectivity index (χ4v) is 4.86. The highest BCUT2D eigenvalue weighted by molar-refractivity contribution is 5.68. The molecule has 130 valence electrons. The van der Waals surface area contributed by atoms with Crippen LogP contribution < -0.4 is 0 Å². The first-order valence-electron chi connectivity index (χ1n) is 9.19. The third-order valence-corrected chi connectivity index (χ3v) is 6.17. The second-order valence-electron chi connectivity index (χ2n) is 8.01. The lowest BCUT2D eigenvalue weighted by Gasteiger charge is -2.34. The number of fused-ring (bicyclic) bond motifs is 1. The molecule has 5 heteroatoms. The van der Waals surface area contributed by atoms with Crippen LogP contribution in [0.5, 0.6) is 0 Å². The molecule has 0 radical (unpaired) electrons. The van der Waals surface area contributed by atoms with Gasteiger partial charge < -0.3 is 14.5 Å². The largest absolute Gasteiger partial charge is 0.449 e. The Morgan fingerprint density at radius 2 is 1.78 bits per heavy atom. The van der Waals surface area contributed by atoms with Crippen LogP contribution in [0.4, 0.5) is 4.79 Å². The van der Waals surface area contributed by atoms with Crippen LogP contribution in [-0.2, 0) is 9.53 Å². The van der Waals surface area contributed by atoms with E-state index >= 15 is 0 Å². The Hall–Kier alpha value is -1.26. The van der Waals surface area contributed by atoms with Crippen LogP contribution in [0, 0.1) is 29.6 Å². The van der Waals surface area contributed by atoms with Crippen molar-refractivity contribution in [3.05, 3.63) is 0 Å². The number of likely N-dealkylation sites (tertiary alicyclic amines) is 2. The Morgan fingerprint density at radius 1 is 1.13 bits per heavy atom. The molecule has 2 heterocycles. The minimum absolute atomic E-state index is 0.148. The monoisotopic (exact) mass is 322 g/mol. The quantitative estimate of drug-likeness (QED) is 0.748. The van der Waals surface area contributed by atoms with Gasteiger partial charge in [-0.15, -0.1) is 0 Å². The normalized spacial score (nSPS) is 33.9. The van der Waals surface area contributed by atoms with Gasteiger partial charge in [-0.3, -0.25) is 4.79 Å². The van der Waals surface area contributed by atoms with Crippen LogP contribution in [-0.4, -0.2) is 55.1 Å². The van der Waals surface area contributed by atoms with Gasteiger partial charge in [0.1, 0.15) is 0 Å². The van der Waals surface area contributed by atoms with Gasteiger partial charge in [-0.25, -0.2) is 4.79 Å². The Labute approximate surface area is 139 Å². The predicted octanol–water partition coefficient (Wildman–Crippen LogP) is 2.61. The summed E-state index contributed by atoms with van der Waals surface area (Å²) in [6.45, 7) is 8.20. The highest BCUT2D eigenvalue weighted by atomic mass is 16.6. The second kappa shape index (κ2) is 7.10. The van der Waals surface area contributed by atoms with Gasteiger partial charge in [0, 0.05) is 38.0 Å². The molecule has 2 aliphatic heterocycles. The summed E-state index contributed by atoms with van der Waals surface area (Å²) < 4.78 is 5.67. The van der Waals surface area contributed by atoms with Gasteiger partial charge in [-0.05, 0) is 30.6 Å². The summed E-state index contributed by atoms with van der Waals surface area (Å²) >= 11 is 0. The van der Waals surface area contributed by atoms with Crippen LogP contribution in [0.15, 0.2) is 0 Å². The second-order valence-corrected chi connectivity index (χ2v) is 8.01. The topological polar surface area (TPSA) is 49.9 Å². The molecule has 1 aliphatic carbocycles. The van der Waals surface area contributed by atoms with E-state index in [0.717, 1.165) is 32.6 Å². The molecule has 5 nitrogen and oxygen atoms in total. The van der Waals surface area contributed by atoms with Gasteiger partial charge in [0.25, 0.3) is 0 Å². The summed E-state index contributed by atoms with van der Waals surface area (Å²) in [4.78, 5) is 26.9. The summed E-state index contributed by atoms with van der Waals surface area (Å²) in [6, 6.07) is 0. The molecule has 0 aromatic heterocycles. The molecule has 4 atom stereocenters. The van der Waals surface area contributed by atoms with Crippen molar-refractivity contribution in [1.29, 1.82) is 0 Å². The summed E-state index contributed by atoms with van der Waals surface area (Å²) in [5, 5.41) is 0. The highest BCUT2D eigenvalue weighted by Gasteiger charge is 2.42. The number of rotatable bonds is 4. The van der Waals surface area contributed by atoms with Gasteiger partial charge >= 0.3 is 6.09 Å². The Kier molecular flexibility index (Phi) is 5.12. The number of hydrogen-bond donors (Lipinski definition) is 0. The maximum atomic E-state index is 12.4. The van der Waals surface area contributed by atoms with Gasteiger partial charge in [0.05, 0.1) is 6.61 Å². The van der Waals surface area contributed by atoms with E-state index in [1.54, 1.807) is 0 Å². The summed E-state index contributed by atoms with van der Waals surface area (Å²) in [5.74, 6) is 2.76. The zero-order valence-electron chi connectivity index (χ0n) is 14.4. The summed E-state index contributed by atoms with van der Waals surface area (Å²) in [5.41, 5.74) is 0. The van der Waals surface area contributed by atoms with Gasteiger partial charge in [0.15, 0.2) is 0 Å². The minimum Gasteiger partial charge on any atom is -0.449 e. The summed E-state index contributed by atoms with van der Waals surface area (Å²) in [7, 11) is 0. The fourth-order valence-electron chi connectivity index (χ4n) is 4.86. The minimum atomic E-state index is -0.148. The molecular formula is C18H30N2O3. The Bertz CT molecular complexity index is 426. The van der Waals surface area contributed by atoms with Crippen molar-refractivity contribution in [3.8, 4) is 0 Å². The Morgan fingerprint density at radius 3 is 2.39 bits per heavy atom. The van der Waals surface area contributed by atoms with Gasteiger partial charge in [-0.1, -0.05) is 26.7 Å². The number of carbonyl (C=O) groups is 2. The standard InChI is InChI=1S/C18H30N2O3/c1-13(2)17-6-4-3-5-14(17)11-23-18(22)20-9-15-7-19(12-21)8-16(15)10-20/h12-17H,3-11H2,1-2H3. The predicted molar refractivity (Wildman–Crippen MR) is 87.8 cm³/mol. The van der Waals surface area contributed by atoms with E-state index in [9.17, 15) is 9.59 Å². The number of amides is 2. The van der Waals surface area contributed by atoms with E-state index in [4.69, 9.17) is 4.74 Å². The number of ether oxygens (including phenoxy) is 1. The molecule has 0 aromatic carbocycles. The van der Waals surface area contributed by atoms with Crippen molar-refractivity contribution in [2.24, 2.45) is 29.6 Å². The third-order valence-electron chi connectivity index (χ3n) is 6.17. The van der Waals surface area contributed by atoms with Crippen molar-refractivity contribution >= 4 is 12.5 Å². The van der Waals surface area contributed by atoms with E-state index in [-0.39, 0.29) is 6.09 Å². The van der Waals surface area contributed by atoms with E-state index in [1.807, 2.05) is 9.80 Å². The van der Waals surface area contributed by atoms with Crippen molar-refractivity contribution in [3.63, 3.8) is 0 Å². The first kappa shape index (κ1) is 16.6. The lowest BCUT2D eigenvalue weighted by molar-refractivity contribution is -0.117. The van der Waals surface area contributed by atoms with Gasteiger partial charge in [-0.2, -0.15) is 0 Å². The smallest absolute Gasteiger partial charge is 0.409 e. The van der Waals surface area contributed by atoms with Crippen LogP contribution >= 0.6 is 0 Å². The molecule has 4 unspecified atom stereocenters. The SMILES string of the molecule is CC(C)C1CCCCC1COC(=O)N1CC2CN(C=O)CC2C1. The highest BCUT2D eigenvalue weighted by Crippen LogP contribution is 2.36.